The number of carbonyl (C=O) groups excluding carboxylic acids is 1. The second kappa shape index (κ2) is 6.37. The third kappa shape index (κ3) is 3.13. The van der Waals surface area contributed by atoms with Gasteiger partial charge in [0.2, 0.25) is 5.91 Å². The molecule has 5 heteroatoms. The second-order valence-corrected chi connectivity index (χ2v) is 6.95. The van der Waals surface area contributed by atoms with Gasteiger partial charge in [0.05, 0.1) is 6.04 Å². The summed E-state index contributed by atoms with van der Waals surface area (Å²) >= 11 is 8.12. The Bertz CT molecular complexity index is 503. The summed E-state index contributed by atoms with van der Waals surface area (Å²) in [6.07, 6.45) is 2.48. The van der Waals surface area contributed by atoms with Crippen molar-refractivity contribution >= 4 is 29.3 Å². The molecule has 1 aromatic rings. The van der Waals surface area contributed by atoms with Crippen LogP contribution in [0.15, 0.2) is 18.2 Å². The van der Waals surface area contributed by atoms with Gasteiger partial charge < -0.3 is 10.6 Å². The topological polar surface area (TPSA) is 41.1 Å². The zero-order valence-corrected chi connectivity index (χ0v) is 12.9. The minimum Gasteiger partial charge on any atom is -0.349 e. The van der Waals surface area contributed by atoms with Gasteiger partial charge >= 0.3 is 0 Å². The number of halogens is 1. The van der Waals surface area contributed by atoms with Crippen molar-refractivity contribution in [2.75, 3.05) is 18.1 Å². The molecule has 2 aliphatic rings. The van der Waals surface area contributed by atoms with Crippen LogP contribution in [0.4, 0.5) is 0 Å². The number of carbonyl (C=O) groups is 1. The largest absolute Gasteiger partial charge is 0.349 e. The number of benzene rings is 1. The summed E-state index contributed by atoms with van der Waals surface area (Å²) in [5.41, 5.74) is 2.39. The van der Waals surface area contributed by atoms with E-state index in [-0.39, 0.29) is 11.9 Å². The van der Waals surface area contributed by atoms with E-state index in [1.54, 1.807) is 0 Å². The molecule has 3 nitrogen and oxygen atoms in total. The number of amides is 1. The normalized spacial score (nSPS) is 25.2. The van der Waals surface area contributed by atoms with Crippen molar-refractivity contribution in [3.05, 3.63) is 34.3 Å². The fourth-order valence-electron chi connectivity index (χ4n) is 2.99. The van der Waals surface area contributed by atoms with Crippen LogP contribution < -0.4 is 10.6 Å². The van der Waals surface area contributed by atoms with E-state index in [9.17, 15) is 4.79 Å². The molecule has 1 fully saturated rings. The molecule has 2 N–H and O–H groups in total. The molecule has 1 aliphatic carbocycles. The summed E-state index contributed by atoms with van der Waals surface area (Å²) in [5, 5.41) is 7.39. The van der Waals surface area contributed by atoms with Gasteiger partial charge in [0.1, 0.15) is 0 Å². The maximum absolute atomic E-state index is 12.2. The molecule has 20 heavy (non-hydrogen) atoms. The number of hydrogen-bond acceptors (Lipinski definition) is 3. The zero-order chi connectivity index (χ0) is 13.9. The standard InChI is InChI=1S/C15H19ClN2OS/c16-13-3-1-2-12-11(13)4-5-14(12)18-15(19)8-10-9-20-7-6-17-10/h1-3,10,14,17H,4-9H2,(H,18,19). The maximum Gasteiger partial charge on any atom is 0.222 e. The Morgan fingerprint density at radius 2 is 2.40 bits per heavy atom. The Kier molecular flexibility index (Phi) is 4.54. The zero-order valence-electron chi connectivity index (χ0n) is 11.3. The molecule has 0 aromatic heterocycles. The lowest BCUT2D eigenvalue weighted by atomic mass is 10.1. The van der Waals surface area contributed by atoms with Crippen molar-refractivity contribution in [1.82, 2.24) is 10.6 Å². The molecule has 0 bridgehead atoms. The van der Waals surface area contributed by atoms with Crippen LogP contribution in [0.5, 0.6) is 0 Å². The third-order valence-electron chi connectivity index (χ3n) is 3.98. The van der Waals surface area contributed by atoms with E-state index in [4.69, 9.17) is 11.6 Å². The number of hydrogen-bond donors (Lipinski definition) is 2. The van der Waals surface area contributed by atoms with Gasteiger partial charge in [0.15, 0.2) is 0 Å². The van der Waals surface area contributed by atoms with E-state index in [0.29, 0.717) is 12.5 Å². The molecule has 0 radical (unpaired) electrons. The van der Waals surface area contributed by atoms with Crippen molar-refractivity contribution in [3.8, 4) is 0 Å². The molecule has 1 heterocycles. The van der Waals surface area contributed by atoms with Crippen molar-refractivity contribution in [1.29, 1.82) is 0 Å². The van der Waals surface area contributed by atoms with Gasteiger partial charge in [0.25, 0.3) is 0 Å². The minimum absolute atomic E-state index is 0.132. The SMILES string of the molecule is O=C(CC1CSCCN1)NC1CCc2c(Cl)cccc21. The predicted molar refractivity (Wildman–Crippen MR) is 84.4 cm³/mol. The molecule has 0 spiro atoms. The average molecular weight is 311 g/mol. The first-order valence-electron chi connectivity index (χ1n) is 7.12. The highest BCUT2D eigenvalue weighted by molar-refractivity contribution is 7.99. The second-order valence-electron chi connectivity index (χ2n) is 5.40. The summed E-state index contributed by atoms with van der Waals surface area (Å²) in [6, 6.07) is 6.41. The monoisotopic (exact) mass is 310 g/mol. The van der Waals surface area contributed by atoms with E-state index in [2.05, 4.69) is 16.7 Å². The average Bonchev–Trinajstić information content (AvgIpc) is 2.84. The molecule has 108 valence electrons. The molecule has 2 atom stereocenters. The van der Waals surface area contributed by atoms with E-state index >= 15 is 0 Å². The van der Waals surface area contributed by atoms with Crippen LogP contribution in [0.3, 0.4) is 0 Å². The smallest absolute Gasteiger partial charge is 0.222 e. The van der Waals surface area contributed by atoms with Gasteiger partial charge in [-0.05, 0) is 30.0 Å². The van der Waals surface area contributed by atoms with Gasteiger partial charge in [-0.25, -0.2) is 0 Å². The Hall–Kier alpha value is -0.710. The first-order valence-corrected chi connectivity index (χ1v) is 8.65. The number of nitrogens with one attached hydrogen (secondary N) is 2. The molecule has 1 amide bonds. The fraction of sp³-hybridized carbons (Fsp3) is 0.533. The first kappa shape index (κ1) is 14.2. The third-order valence-corrected chi connectivity index (χ3v) is 5.46. The summed E-state index contributed by atoms with van der Waals surface area (Å²) in [5.74, 6) is 2.32. The lowest BCUT2D eigenvalue weighted by Crippen LogP contribution is -2.41. The maximum atomic E-state index is 12.2. The van der Waals surface area contributed by atoms with Crippen LogP contribution in [0.2, 0.25) is 5.02 Å². The van der Waals surface area contributed by atoms with Crippen molar-refractivity contribution in [2.45, 2.75) is 31.3 Å². The molecule has 2 unspecified atom stereocenters. The Morgan fingerprint density at radius 1 is 1.50 bits per heavy atom. The van der Waals surface area contributed by atoms with Crippen LogP contribution in [-0.4, -0.2) is 30.0 Å². The predicted octanol–water partition coefficient (Wildman–Crippen LogP) is 2.54. The van der Waals surface area contributed by atoms with Gasteiger partial charge in [-0.3, -0.25) is 4.79 Å². The molecule has 1 aromatic carbocycles. The summed E-state index contributed by atoms with van der Waals surface area (Å²) in [6.45, 7) is 1.00. The summed E-state index contributed by atoms with van der Waals surface area (Å²) < 4.78 is 0. The van der Waals surface area contributed by atoms with Gasteiger partial charge in [0, 0.05) is 35.5 Å². The fourth-order valence-corrected chi connectivity index (χ4v) is 4.21. The number of rotatable bonds is 3. The Morgan fingerprint density at radius 3 is 3.20 bits per heavy atom. The molecule has 3 rings (SSSR count). The summed E-state index contributed by atoms with van der Waals surface area (Å²) in [7, 11) is 0. The minimum atomic E-state index is 0.132. The van der Waals surface area contributed by atoms with Gasteiger partial charge in [-0.15, -0.1) is 0 Å². The van der Waals surface area contributed by atoms with Crippen molar-refractivity contribution in [2.24, 2.45) is 0 Å². The van der Waals surface area contributed by atoms with Crippen LogP contribution in [-0.2, 0) is 11.2 Å². The highest BCUT2D eigenvalue weighted by atomic mass is 35.5. The summed E-state index contributed by atoms with van der Waals surface area (Å²) in [4.78, 5) is 12.2. The Labute approximate surface area is 128 Å². The number of thioether (sulfide) groups is 1. The lowest BCUT2D eigenvalue weighted by Gasteiger charge is -2.23. The molecule has 0 saturated carbocycles. The molecule has 1 aliphatic heterocycles. The van der Waals surface area contributed by atoms with E-state index in [1.165, 1.54) is 11.1 Å². The molecular weight excluding hydrogens is 292 g/mol. The van der Waals surface area contributed by atoms with E-state index in [1.807, 2.05) is 23.9 Å². The van der Waals surface area contributed by atoms with Crippen LogP contribution in [0.1, 0.15) is 30.0 Å². The van der Waals surface area contributed by atoms with Gasteiger partial charge in [-0.1, -0.05) is 23.7 Å². The lowest BCUT2D eigenvalue weighted by molar-refractivity contribution is -0.122. The van der Waals surface area contributed by atoms with E-state index < -0.39 is 0 Å². The van der Waals surface area contributed by atoms with Crippen molar-refractivity contribution in [3.63, 3.8) is 0 Å². The van der Waals surface area contributed by atoms with Crippen molar-refractivity contribution < 1.29 is 4.79 Å². The highest BCUT2D eigenvalue weighted by Crippen LogP contribution is 2.35. The van der Waals surface area contributed by atoms with E-state index in [0.717, 1.165) is 35.9 Å². The Balaban J connectivity index is 1.59. The number of fused-ring (bicyclic) bond motifs is 1. The van der Waals surface area contributed by atoms with Crippen LogP contribution in [0.25, 0.3) is 0 Å². The highest BCUT2D eigenvalue weighted by Gasteiger charge is 2.26. The quantitative estimate of drug-likeness (QED) is 0.901. The van der Waals surface area contributed by atoms with Gasteiger partial charge in [-0.2, -0.15) is 11.8 Å². The first-order chi connectivity index (χ1) is 9.74. The molecular formula is C15H19ClN2OS. The van der Waals surface area contributed by atoms with Crippen LogP contribution >= 0.6 is 23.4 Å². The van der Waals surface area contributed by atoms with Crippen LogP contribution in [0, 0.1) is 0 Å². The molecule has 1 saturated heterocycles.